The highest BCUT2D eigenvalue weighted by molar-refractivity contribution is 9.12. The van der Waals surface area contributed by atoms with Crippen LogP contribution in [-0.2, 0) is 0 Å². The first-order valence-corrected chi connectivity index (χ1v) is 8.21. The summed E-state index contributed by atoms with van der Waals surface area (Å²) >= 11 is 14.0. The van der Waals surface area contributed by atoms with Gasteiger partial charge in [-0.25, -0.2) is 0 Å². The fourth-order valence-corrected chi connectivity index (χ4v) is 4.46. The van der Waals surface area contributed by atoms with Crippen LogP contribution in [0.5, 0.6) is 0 Å². The summed E-state index contributed by atoms with van der Waals surface area (Å²) in [6.45, 7) is 4.16. The van der Waals surface area contributed by atoms with Crippen molar-refractivity contribution in [1.29, 1.82) is 0 Å². The molecule has 1 atom stereocenters. The molecule has 0 aliphatic heterocycles. The molecule has 1 heterocycles. The number of rotatable bonds is 5. The van der Waals surface area contributed by atoms with E-state index in [0.717, 1.165) is 14.0 Å². The molecular formula is C11H14Br2ClNOS. The first-order valence-electron chi connectivity index (χ1n) is 5.27. The zero-order chi connectivity index (χ0) is 13.0. The Morgan fingerprint density at radius 3 is 2.59 bits per heavy atom. The summed E-state index contributed by atoms with van der Waals surface area (Å²) in [4.78, 5) is 12.1. The average molecular weight is 404 g/mol. The highest BCUT2D eigenvalue weighted by atomic mass is 79.9. The second-order valence-electron chi connectivity index (χ2n) is 4.04. The van der Waals surface area contributed by atoms with E-state index in [0.29, 0.717) is 17.4 Å². The molecule has 0 spiro atoms. The average Bonchev–Trinajstić information content (AvgIpc) is 2.57. The topological polar surface area (TPSA) is 29.1 Å². The van der Waals surface area contributed by atoms with Crippen LogP contribution in [0.1, 0.15) is 30.6 Å². The maximum Gasteiger partial charge on any atom is 0.253 e. The number of amides is 1. The molecule has 0 bridgehead atoms. The number of carbonyl (C=O) groups excluding carboxylic acids is 1. The SMILES string of the molecule is CC(C)C(CCCl)NC(=O)c1cc(Br)sc1Br. The van der Waals surface area contributed by atoms with Crippen molar-refractivity contribution in [2.24, 2.45) is 5.92 Å². The smallest absolute Gasteiger partial charge is 0.253 e. The molecule has 96 valence electrons. The van der Waals surface area contributed by atoms with Crippen molar-refractivity contribution >= 4 is 60.7 Å². The largest absolute Gasteiger partial charge is 0.349 e. The van der Waals surface area contributed by atoms with Crippen LogP contribution in [0.15, 0.2) is 13.6 Å². The third kappa shape index (κ3) is 4.54. The fraction of sp³-hybridized carbons (Fsp3) is 0.545. The number of hydrogen-bond acceptors (Lipinski definition) is 2. The lowest BCUT2D eigenvalue weighted by molar-refractivity contribution is 0.0924. The minimum absolute atomic E-state index is 0.0531. The van der Waals surface area contributed by atoms with E-state index in [9.17, 15) is 4.79 Å². The minimum atomic E-state index is -0.0531. The molecule has 0 saturated carbocycles. The number of thiophene rings is 1. The highest BCUT2D eigenvalue weighted by Crippen LogP contribution is 2.31. The Balaban J connectivity index is 2.73. The summed E-state index contributed by atoms with van der Waals surface area (Å²) < 4.78 is 1.78. The first-order chi connectivity index (χ1) is 7.95. The Hall–Kier alpha value is 0.420. The van der Waals surface area contributed by atoms with Crippen molar-refractivity contribution in [3.05, 3.63) is 19.2 Å². The Kier molecular flexibility index (Phi) is 6.48. The lowest BCUT2D eigenvalue weighted by Gasteiger charge is -2.21. The van der Waals surface area contributed by atoms with Crippen molar-refractivity contribution in [3.63, 3.8) is 0 Å². The van der Waals surface area contributed by atoms with Crippen LogP contribution < -0.4 is 5.32 Å². The summed E-state index contributed by atoms with van der Waals surface area (Å²) in [7, 11) is 0. The van der Waals surface area contributed by atoms with Crippen LogP contribution in [-0.4, -0.2) is 17.8 Å². The zero-order valence-corrected chi connectivity index (χ0v) is 14.3. The van der Waals surface area contributed by atoms with Crippen LogP contribution in [0, 0.1) is 5.92 Å². The molecule has 1 rings (SSSR count). The quantitative estimate of drug-likeness (QED) is 0.712. The number of alkyl halides is 1. The van der Waals surface area contributed by atoms with Crippen molar-refractivity contribution in [2.45, 2.75) is 26.3 Å². The van der Waals surface area contributed by atoms with Gasteiger partial charge in [-0.15, -0.1) is 22.9 Å². The van der Waals surface area contributed by atoms with Gasteiger partial charge in [-0.3, -0.25) is 4.79 Å². The number of nitrogens with one attached hydrogen (secondary N) is 1. The molecule has 1 aromatic rings. The molecule has 0 radical (unpaired) electrons. The van der Waals surface area contributed by atoms with E-state index in [4.69, 9.17) is 11.6 Å². The van der Waals surface area contributed by atoms with Gasteiger partial charge in [-0.2, -0.15) is 0 Å². The van der Waals surface area contributed by atoms with E-state index in [1.807, 2.05) is 6.07 Å². The Morgan fingerprint density at radius 2 is 2.18 bits per heavy atom. The van der Waals surface area contributed by atoms with Gasteiger partial charge in [0.1, 0.15) is 0 Å². The van der Waals surface area contributed by atoms with Crippen LogP contribution in [0.2, 0.25) is 0 Å². The van der Waals surface area contributed by atoms with Gasteiger partial charge in [-0.1, -0.05) is 13.8 Å². The number of carbonyl (C=O) groups is 1. The van der Waals surface area contributed by atoms with E-state index < -0.39 is 0 Å². The second kappa shape index (κ2) is 7.12. The number of halogens is 3. The van der Waals surface area contributed by atoms with E-state index in [1.54, 1.807) is 0 Å². The summed E-state index contributed by atoms with van der Waals surface area (Å²) in [5.41, 5.74) is 0.669. The van der Waals surface area contributed by atoms with Gasteiger partial charge in [0.15, 0.2) is 0 Å². The Labute approximate surface area is 127 Å². The van der Waals surface area contributed by atoms with Gasteiger partial charge in [0.05, 0.1) is 13.1 Å². The summed E-state index contributed by atoms with van der Waals surface area (Å²) in [5.74, 6) is 0.874. The minimum Gasteiger partial charge on any atom is -0.349 e. The lowest BCUT2D eigenvalue weighted by atomic mass is 10.0. The molecule has 2 nitrogen and oxygen atoms in total. The lowest BCUT2D eigenvalue weighted by Crippen LogP contribution is -2.38. The van der Waals surface area contributed by atoms with Gasteiger partial charge < -0.3 is 5.32 Å². The van der Waals surface area contributed by atoms with E-state index in [2.05, 4.69) is 51.0 Å². The maximum atomic E-state index is 12.1. The normalized spacial score (nSPS) is 12.8. The van der Waals surface area contributed by atoms with Crippen molar-refractivity contribution in [2.75, 3.05) is 5.88 Å². The molecule has 0 fully saturated rings. The Morgan fingerprint density at radius 1 is 1.53 bits per heavy atom. The van der Waals surface area contributed by atoms with Crippen LogP contribution in [0.25, 0.3) is 0 Å². The monoisotopic (exact) mass is 401 g/mol. The highest BCUT2D eigenvalue weighted by Gasteiger charge is 2.19. The molecular weight excluding hydrogens is 389 g/mol. The summed E-state index contributed by atoms with van der Waals surface area (Å²) in [6, 6.07) is 1.94. The molecule has 0 aliphatic carbocycles. The second-order valence-corrected chi connectivity index (χ2v) is 8.17. The predicted molar refractivity (Wildman–Crippen MR) is 81.1 cm³/mol. The molecule has 17 heavy (non-hydrogen) atoms. The number of hydrogen-bond donors (Lipinski definition) is 1. The van der Waals surface area contributed by atoms with Crippen molar-refractivity contribution in [1.82, 2.24) is 5.32 Å². The fourth-order valence-electron chi connectivity index (χ4n) is 1.43. The van der Waals surface area contributed by atoms with Gasteiger partial charge in [0.2, 0.25) is 0 Å². The van der Waals surface area contributed by atoms with Crippen LogP contribution >= 0.6 is 54.8 Å². The molecule has 1 unspecified atom stereocenters. The molecule has 0 aliphatic rings. The molecule has 1 amide bonds. The third-order valence-corrected chi connectivity index (χ3v) is 5.00. The van der Waals surface area contributed by atoms with Crippen LogP contribution in [0.4, 0.5) is 0 Å². The predicted octanol–water partition coefficient (Wildman–Crippen LogP) is 4.66. The molecule has 1 aromatic heterocycles. The van der Waals surface area contributed by atoms with E-state index >= 15 is 0 Å². The molecule has 1 N–H and O–H groups in total. The van der Waals surface area contributed by atoms with Gasteiger partial charge >= 0.3 is 0 Å². The maximum absolute atomic E-state index is 12.1. The Bertz CT molecular complexity index is 395. The first kappa shape index (κ1) is 15.5. The molecule has 0 aromatic carbocycles. The van der Waals surface area contributed by atoms with Gasteiger partial charge in [0.25, 0.3) is 5.91 Å². The molecule has 6 heteroatoms. The van der Waals surface area contributed by atoms with Crippen molar-refractivity contribution in [3.8, 4) is 0 Å². The van der Waals surface area contributed by atoms with Crippen molar-refractivity contribution < 1.29 is 4.79 Å². The van der Waals surface area contributed by atoms with Gasteiger partial charge in [-0.05, 0) is 50.3 Å². The summed E-state index contributed by atoms with van der Waals surface area (Å²) in [6.07, 6.45) is 0.786. The van der Waals surface area contributed by atoms with E-state index in [1.165, 1.54) is 11.3 Å². The van der Waals surface area contributed by atoms with Gasteiger partial charge in [0, 0.05) is 11.9 Å². The summed E-state index contributed by atoms with van der Waals surface area (Å²) in [5, 5.41) is 3.02. The molecule has 0 saturated heterocycles. The van der Waals surface area contributed by atoms with E-state index in [-0.39, 0.29) is 11.9 Å². The third-order valence-electron chi connectivity index (χ3n) is 2.44. The standard InChI is InChI=1S/C11H14Br2ClNOS/c1-6(2)8(3-4-14)15-11(16)7-5-9(12)17-10(7)13/h5-6,8H,3-4H2,1-2H3,(H,15,16). The zero-order valence-electron chi connectivity index (χ0n) is 9.60. The van der Waals surface area contributed by atoms with Crippen LogP contribution in [0.3, 0.4) is 0 Å².